The fraction of sp³-hybridized carbons (Fsp3) is 0.846. The van der Waals surface area contributed by atoms with Crippen LogP contribution in [0.1, 0.15) is 33.1 Å². The number of carbonyl (C=O) groups excluding carboxylic acids is 2. The van der Waals surface area contributed by atoms with Crippen LogP contribution >= 0.6 is 0 Å². The lowest BCUT2D eigenvalue weighted by molar-refractivity contribution is -0.163. The van der Waals surface area contributed by atoms with Crippen molar-refractivity contribution in [1.29, 1.82) is 0 Å². The van der Waals surface area contributed by atoms with Gasteiger partial charge in [-0.2, -0.15) is 0 Å². The fourth-order valence-corrected chi connectivity index (χ4v) is 2.82. The Morgan fingerprint density at radius 1 is 1.28 bits per heavy atom. The highest BCUT2D eigenvalue weighted by atomic mass is 16.5. The quantitative estimate of drug-likeness (QED) is 0.692. The molecular formula is C13H22N2O3. The molecule has 2 fully saturated rings. The summed E-state index contributed by atoms with van der Waals surface area (Å²) < 4.78 is 5.29. The number of fused-ring (bicyclic) bond motifs is 1. The Balaban J connectivity index is 2.06. The van der Waals surface area contributed by atoms with Crippen LogP contribution in [0.4, 0.5) is 0 Å². The Kier molecular flexibility index (Phi) is 4.22. The summed E-state index contributed by atoms with van der Waals surface area (Å²) in [5.74, 6) is 0.192. The lowest BCUT2D eigenvalue weighted by atomic mass is 9.96. The van der Waals surface area contributed by atoms with Crippen LogP contribution < -0.4 is 0 Å². The molecular weight excluding hydrogens is 232 g/mol. The second-order valence-electron chi connectivity index (χ2n) is 4.95. The topological polar surface area (TPSA) is 49.9 Å². The van der Waals surface area contributed by atoms with E-state index in [0.717, 1.165) is 25.8 Å². The number of hydrogen-bond donors (Lipinski definition) is 0. The Morgan fingerprint density at radius 2 is 2.06 bits per heavy atom. The van der Waals surface area contributed by atoms with Crippen molar-refractivity contribution in [3.05, 3.63) is 0 Å². The van der Waals surface area contributed by atoms with Gasteiger partial charge < -0.3 is 14.5 Å². The molecule has 0 aliphatic carbocycles. The van der Waals surface area contributed by atoms with Gasteiger partial charge in [-0.3, -0.25) is 9.59 Å². The highest BCUT2D eigenvalue weighted by molar-refractivity contribution is 5.96. The predicted octanol–water partition coefficient (Wildman–Crippen LogP) is 0.635. The third-order valence-corrected chi connectivity index (χ3v) is 3.86. The number of rotatable bonds is 4. The molecule has 0 aromatic rings. The van der Waals surface area contributed by atoms with Gasteiger partial charge in [-0.15, -0.1) is 0 Å². The zero-order valence-corrected chi connectivity index (χ0v) is 11.2. The molecule has 5 nitrogen and oxygen atoms in total. The second-order valence-corrected chi connectivity index (χ2v) is 4.95. The summed E-state index contributed by atoms with van der Waals surface area (Å²) in [6, 6.07) is -0.559. The van der Waals surface area contributed by atoms with Crippen molar-refractivity contribution in [3.63, 3.8) is 0 Å². The average molecular weight is 254 g/mol. The number of nitrogens with zero attached hydrogens (tertiary/aromatic N) is 2. The van der Waals surface area contributed by atoms with Crippen LogP contribution in [-0.4, -0.2) is 60.0 Å². The lowest BCUT2D eigenvalue weighted by Gasteiger charge is -2.46. The van der Waals surface area contributed by atoms with E-state index in [1.807, 2.05) is 13.8 Å². The van der Waals surface area contributed by atoms with Crippen LogP contribution in [0, 0.1) is 0 Å². The van der Waals surface area contributed by atoms with Gasteiger partial charge in [0.2, 0.25) is 11.8 Å². The van der Waals surface area contributed by atoms with Crippen molar-refractivity contribution in [2.45, 2.75) is 45.2 Å². The van der Waals surface area contributed by atoms with E-state index in [1.165, 1.54) is 0 Å². The monoisotopic (exact) mass is 254 g/mol. The van der Waals surface area contributed by atoms with E-state index in [9.17, 15) is 9.59 Å². The third kappa shape index (κ3) is 2.36. The lowest BCUT2D eigenvalue weighted by Crippen LogP contribution is -2.65. The van der Waals surface area contributed by atoms with E-state index in [0.29, 0.717) is 19.8 Å². The minimum atomic E-state index is -0.340. The second kappa shape index (κ2) is 5.69. The first-order valence-corrected chi connectivity index (χ1v) is 6.85. The normalized spacial score (nSPS) is 28.6. The van der Waals surface area contributed by atoms with E-state index in [1.54, 1.807) is 9.80 Å². The number of amides is 2. The minimum absolute atomic E-state index is 0.0933. The Bertz CT molecular complexity index is 332. The number of hydrogen-bond acceptors (Lipinski definition) is 3. The minimum Gasteiger partial charge on any atom is -0.380 e. The molecule has 5 heteroatoms. The molecule has 18 heavy (non-hydrogen) atoms. The number of carbonyl (C=O) groups is 2. The van der Waals surface area contributed by atoms with Crippen molar-refractivity contribution in [3.8, 4) is 0 Å². The molecule has 2 heterocycles. The summed E-state index contributed by atoms with van der Waals surface area (Å²) in [7, 11) is 0. The molecule has 0 aromatic carbocycles. The maximum Gasteiger partial charge on any atom is 0.246 e. The summed E-state index contributed by atoms with van der Waals surface area (Å²) in [5, 5.41) is 0. The number of ether oxygens (including phenoxy) is 1. The van der Waals surface area contributed by atoms with E-state index >= 15 is 0 Å². The molecule has 0 radical (unpaired) electrons. The average Bonchev–Trinajstić information content (AvgIpc) is 2.40. The van der Waals surface area contributed by atoms with Gasteiger partial charge in [0.05, 0.1) is 6.61 Å². The van der Waals surface area contributed by atoms with Crippen molar-refractivity contribution in [2.24, 2.45) is 0 Å². The van der Waals surface area contributed by atoms with E-state index in [4.69, 9.17) is 4.74 Å². The first-order chi connectivity index (χ1) is 8.66. The summed E-state index contributed by atoms with van der Waals surface area (Å²) in [5.41, 5.74) is 0. The molecule has 0 bridgehead atoms. The van der Waals surface area contributed by atoms with E-state index < -0.39 is 0 Å². The predicted molar refractivity (Wildman–Crippen MR) is 67.0 cm³/mol. The number of piperidine rings is 1. The standard InChI is InChI=1S/C13H22N2O3/c1-3-18-9-8-14-10(2)12(16)15-7-5-4-6-11(15)13(14)17/h10-11H,3-9H2,1-2H3. The molecule has 2 unspecified atom stereocenters. The van der Waals surface area contributed by atoms with Crippen molar-refractivity contribution in [1.82, 2.24) is 9.80 Å². The van der Waals surface area contributed by atoms with Crippen LogP contribution in [0.25, 0.3) is 0 Å². The molecule has 2 saturated heterocycles. The van der Waals surface area contributed by atoms with E-state index in [2.05, 4.69) is 0 Å². The number of piperazine rings is 1. The zero-order valence-electron chi connectivity index (χ0n) is 11.2. The maximum atomic E-state index is 12.4. The summed E-state index contributed by atoms with van der Waals surface area (Å²) >= 11 is 0. The van der Waals surface area contributed by atoms with Crippen LogP contribution in [0.5, 0.6) is 0 Å². The van der Waals surface area contributed by atoms with E-state index in [-0.39, 0.29) is 23.9 Å². The SMILES string of the molecule is CCOCCN1C(=O)C2CCCCN2C(=O)C1C. The molecule has 2 amide bonds. The van der Waals surface area contributed by atoms with Crippen molar-refractivity contribution >= 4 is 11.8 Å². The first-order valence-electron chi connectivity index (χ1n) is 6.85. The van der Waals surface area contributed by atoms with Gasteiger partial charge in [0.1, 0.15) is 12.1 Å². The molecule has 2 rings (SSSR count). The molecule has 0 N–H and O–H groups in total. The molecule has 0 spiro atoms. The van der Waals surface area contributed by atoms with Gasteiger partial charge in [0.25, 0.3) is 0 Å². The highest BCUT2D eigenvalue weighted by Gasteiger charge is 2.44. The first kappa shape index (κ1) is 13.3. The molecule has 2 atom stereocenters. The maximum absolute atomic E-state index is 12.4. The summed E-state index contributed by atoms with van der Waals surface area (Å²) in [6.07, 6.45) is 2.86. The third-order valence-electron chi connectivity index (χ3n) is 3.86. The summed E-state index contributed by atoms with van der Waals surface area (Å²) in [6.45, 7) is 6.14. The van der Waals surface area contributed by atoms with Crippen LogP contribution in [0.3, 0.4) is 0 Å². The Morgan fingerprint density at radius 3 is 2.78 bits per heavy atom. The van der Waals surface area contributed by atoms with Gasteiger partial charge in [-0.05, 0) is 33.1 Å². The van der Waals surface area contributed by atoms with Gasteiger partial charge in [-0.25, -0.2) is 0 Å². The van der Waals surface area contributed by atoms with Gasteiger partial charge in [0, 0.05) is 19.7 Å². The van der Waals surface area contributed by atoms with Gasteiger partial charge >= 0.3 is 0 Å². The van der Waals surface area contributed by atoms with Crippen molar-refractivity contribution < 1.29 is 14.3 Å². The largest absolute Gasteiger partial charge is 0.380 e. The highest BCUT2D eigenvalue weighted by Crippen LogP contribution is 2.25. The van der Waals surface area contributed by atoms with Gasteiger partial charge in [0.15, 0.2) is 0 Å². The molecule has 2 aliphatic heterocycles. The fourth-order valence-electron chi connectivity index (χ4n) is 2.82. The smallest absolute Gasteiger partial charge is 0.246 e. The van der Waals surface area contributed by atoms with Crippen molar-refractivity contribution in [2.75, 3.05) is 26.3 Å². The van der Waals surface area contributed by atoms with Crippen LogP contribution in [-0.2, 0) is 14.3 Å². The Hall–Kier alpha value is -1.10. The van der Waals surface area contributed by atoms with Crippen LogP contribution in [0.15, 0.2) is 0 Å². The zero-order chi connectivity index (χ0) is 13.1. The Labute approximate surface area is 108 Å². The molecule has 102 valence electrons. The molecule has 0 aromatic heterocycles. The molecule has 2 aliphatic rings. The van der Waals surface area contributed by atoms with Crippen LogP contribution in [0.2, 0.25) is 0 Å². The van der Waals surface area contributed by atoms with Gasteiger partial charge in [-0.1, -0.05) is 0 Å². The summed E-state index contributed by atoms with van der Waals surface area (Å²) in [4.78, 5) is 28.1. The molecule has 0 saturated carbocycles.